The van der Waals surface area contributed by atoms with Crippen LogP contribution in [0.5, 0.6) is 0 Å². The second-order valence-electron chi connectivity index (χ2n) is 7.16. The van der Waals surface area contributed by atoms with Gasteiger partial charge in [-0.3, -0.25) is 9.48 Å². The van der Waals surface area contributed by atoms with Crippen LogP contribution in [0.15, 0.2) is 41.1 Å². The third-order valence-electron chi connectivity index (χ3n) is 4.43. The largest absolute Gasteiger partial charge is 0.361 e. The Hall–Kier alpha value is -2.64. The van der Waals surface area contributed by atoms with Crippen molar-refractivity contribution < 1.29 is 14.2 Å². The van der Waals surface area contributed by atoms with Gasteiger partial charge in [0.25, 0.3) is 5.91 Å². The molecule has 3 rings (SSSR count). The van der Waals surface area contributed by atoms with Crippen LogP contribution in [0.25, 0.3) is 11.3 Å². The first-order chi connectivity index (χ1) is 13.3. The van der Waals surface area contributed by atoms with Crippen LogP contribution in [0, 0.1) is 6.92 Å². The van der Waals surface area contributed by atoms with Crippen LogP contribution in [-0.2, 0) is 24.9 Å². The van der Waals surface area contributed by atoms with E-state index in [1.54, 1.807) is 15.8 Å². The van der Waals surface area contributed by atoms with Gasteiger partial charge in [0, 0.05) is 24.4 Å². The number of carbonyl (C=O) groups is 1. The summed E-state index contributed by atoms with van der Waals surface area (Å²) in [5, 5.41) is 9.16. The lowest BCUT2D eigenvalue weighted by Gasteiger charge is -2.22. The van der Waals surface area contributed by atoms with Gasteiger partial charge in [-0.15, -0.1) is 0 Å². The molecule has 28 heavy (non-hydrogen) atoms. The van der Waals surface area contributed by atoms with Crippen LogP contribution in [-0.4, -0.2) is 46.4 Å². The highest BCUT2D eigenvalue weighted by molar-refractivity contribution is 6.31. The number of aromatic nitrogens is 3. The molecule has 0 unspecified atom stereocenters. The molecule has 0 fully saturated rings. The number of carbonyl (C=O) groups excluding carboxylic acids is 1. The number of quaternary nitrogens is 1. The summed E-state index contributed by atoms with van der Waals surface area (Å²) in [6.07, 6.45) is 1.73. The number of hydrogen-bond acceptors (Lipinski definition) is 4. The molecule has 0 radical (unpaired) electrons. The number of likely N-dealkylation sites (N-methyl/N-ethyl adjacent to an activating group) is 1. The highest BCUT2D eigenvalue weighted by Gasteiger charge is 2.24. The number of nitrogens with one attached hydrogen (secondary N) is 1. The molecule has 0 aliphatic rings. The molecule has 7 nitrogen and oxygen atoms in total. The lowest BCUT2D eigenvalue weighted by molar-refractivity contribution is -0.849. The topological polar surface area (TPSA) is 68.6 Å². The van der Waals surface area contributed by atoms with Gasteiger partial charge >= 0.3 is 0 Å². The van der Waals surface area contributed by atoms with Gasteiger partial charge in [-0.05, 0) is 6.92 Å². The van der Waals surface area contributed by atoms with Crippen LogP contribution in [0.1, 0.15) is 17.0 Å². The fourth-order valence-corrected chi connectivity index (χ4v) is 3.27. The first-order valence-electron chi connectivity index (χ1n) is 9.10. The first-order valence-corrected chi connectivity index (χ1v) is 9.48. The van der Waals surface area contributed by atoms with E-state index >= 15 is 0 Å². The van der Waals surface area contributed by atoms with Gasteiger partial charge < -0.3 is 14.3 Å². The summed E-state index contributed by atoms with van der Waals surface area (Å²) >= 11 is 6.28. The van der Waals surface area contributed by atoms with Crippen LogP contribution in [0.3, 0.4) is 0 Å². The maximum absolute atomic E-state index is 12.9. The molecule has 1 amide bonds. The summed E-state index contributed by atoms with van der Waals surface area (Å²) in [7, 11) is 5.71. The predicted molar refractivity (Wildman–Crippen MR) is 107 cm³/mol. The molecule has 3 aromatic rings. The summed E-state index contributed by atoms with van der Waals surface area (Å²) in [6.45, 7) is 2.93. The Balaban J connectivity index is 1.92. The minimum atomic E-state index is 0.0151. The van der Waals surface area contributed by atoms with Gasteiger partial charge in [0.05, 0.1) is 32.2 Å². The molecular weight excluding hydrogens is 378 g/mol. The van der Waals surface area contributed by atoms with E-state index in [1.165, 1.54) is 0 Å². The van der Waals surface area contributed by atoms with Gasteiger partial charge in [-0.2, -0.15) is 5.10 Å². The lowest BCUT2D eigenvalue weighted by Crippen LogP contribution is -3.07. The zero-order valence-electron chi connectivity index (χ0n) is 16.6. The summed E-state index contributed by atoms with van der Waals surface area (Å²) < 4.78 is 7.10. The molecule has 148 valence electrons. The van der Waals surface area contributed by atoms with Crippen molar-refractivity contribution in [1.29, 1.82) is 0 Å². The smallest absolute Gasteiger partial charge is 0.278 e. The van der Waals surface area contributed by atoms with Crippen molar-refractivity contribution in [3.8, 4) is 11.3 Å². The average Bonchev–Trinajstić information content (AvgIpc) is 3.16. The van der Waals surface area contributed by atoms with Gasteiger partial charge in [-0.1, -0.05) is 47.1 Å². The maximum atomic E-state index is 12.9. The van der Waals surface area contributed by atoms with Crippen LogP contribution in [0.2, 0.25) is 5.02 Å². The van der Waals surface area contributed by atoms with E-state index < -0.39 is 0 Å². The highest BCUT2D eigenvalue weighted by Crippen LogP contribution is 2.27. The Kier molecular flexibility index (Phi) is 6.16. The van der Waals surface area contributed by atoms with E-state index in [0.29, 0.717) is 36.1 Å². The van der Waals surface area contributed by atoms with Crippen molar-refractivity contribution in [3.05, 3.63) is 58.6 Å². The summed E-state index contributed by atoms with van der Waals surface area (Å²) in [6, 6.07) is 9.82. The van der Waals surface area contributed by atoms with Crippen LogP contribution < -0.4 is 4.90 Å². The van der Waals surface area contributed by atoms with E-state index in [4.69, 9.17) is 16.1 Å². The SMILES string of the molecule is Cc1onc(-c2ccccc2)c1CN(Cc1nn(C)cc1Cl)C(=O)C[NH+](C)C. The molecule has 0 aliphatic carbocycles. The van der Waals surface area contributed by atoms with E-state index in [0.717, 1.165) is 21.7 Å². The molecule has 1 N–H and O–H groups in total. The van der Waals surface area contributed by atoms with Gasteiger partial charge in [0.2, 0.25) is 0 Å². The average molecular weight is 403 g/mol. The van der Waals surface area contributed by atoms with E-state index in [9.17, 15) is 4.79 Å². The van der Waals surface area contributed by atoms with Crippen molar-refractivity contribution in [2.45, 2.75) is 20.0 Å². The number of nitrogens with zero attached hydrogens (tertiary/aromatic N) is 4. The van der Waals surface area contributed by atoms with Crippen molar-refractivity contribution in [3.63, 3.8) is 0 Å². The molecule has 0 bridgehead atoms. The number of aryl methyl sites for hydroxylation is 2. The third kappa shape index (κ3) is 4.61. The maximum Gasteiger partial charge on any atom is 0.278 e. The number of hydrogen-bond donors (Lipinski definition) is 1. The summed E-state index contributed by atoms with van der Waals surface area (Å²) in [5.74, 6) is 0.710. The van der Waals surface area contributed by atoms with E-state index in [-0.39, 0.29) is 5.91 Å². The monoisotopic (exact) mass is 402 g/mol. The van der Waals surface area contributed by atoms with Gasteiger partial charge in [0.15, 0.2) is 6.54 Å². The molecule has 0 atom stereocenters. The van der Waals surface area contributed by atoms with Crippen molar-refractivity contribution in [2.24, 2.45) is 7.05 Å². The third-order valence-corrected chi connectivity index (χ3v) is 4.75. The predicted octanol–water partition coefficient (Wildman–Crippen LogP) is 1.71. The molecule has 0 spiro atoms. The van der Waals surface area contributed by atoms with E-state index in [1.807, 2.05) is 58.4 Å². The quantitative estimate of drug-likeness (QED) is 0.653. The molecule has 0 aliphatic heterocycles. The number of amides is 1. The molecule has 1 aromatic carbocycles. The fourth-order valence-electron chi connectivity index (χ4n) is 3.03. The Bertz CT molecular complexity index is 949. The number of halogens is 1. The Morgan fingerprint density at radius 1 is 1.25 bits per heavy atom. The summed E-state index contributed by atoms with van der Waals surface area (Å²) in [4.78, 5) is 15.7. The fraction of sp³-hybridized carbons (Fsp3) is 0.350. The molecule has 8 heteroatoms. The molecular formula is C20H25ClN5O2+. The summed E-state index contributed by atoms with van der Waals surface area (Å²) in [5.41, 5.74) is 3.26. The Labute approximate surface area is 169 Å². The normalized spacial score (nSPS) is 11.2. The zero-order chi connectivity index (χ0) is 20.3. The van der Waals surface area contributed by atoms with Gasteiger partial charge in [-0.25, -0.2) is 0 Å². The van der Waals surface area contributed by atoms with Crippen LogP contribution in [0.4, 0.5) is 0 Å². The Morgan fingerprint density at radius 3 is 2.57 bits per heavy atom. The molecule has 2 aromatic heterocycles. The Morgan fingerprint density at radius 2 is 1.96 bits per heavy atom. The second-order valence-corrected chi connectivity index (χ2v) is 7.57. The minimum Gasteiger partial charge on any atom is -0.361 e. The minimum absolute atomic E-state index is 0.0151. The number of benzene rings is 1. The van der Waals surface area contributed by atoms with Crippen LogP contribution >= 0.6 is 11.6 Å². The highest BCUT2D eigenvalue weighted by atomic mass is 35.5. The second kappa shape index (κ2) is 8.58. The lowest BCUT2D eigenvalue weighted by atomic mass is 10.1. The number of rotatable bonds is 7. The molecule has 0 saturated carbocycles. The van der Waals surface area contributed by atoms with Gasteiger partial charge in [0.1, 0.15) is 17.1 Å². The standard InChI is InChI=1S/C20H24ClN5O2/c1-14-16(20(23-28-14)15-8-6-5-7-9-15)10-26(19(27)13-24(2)3)12-18-17(21)11-25(4)22-18/h5-9,11H,10,12-13H2,1-4H3/p+1. The van der Waals surface area contributed by atoms with Crippen molar-refractivity contribution >= 4 is 17.5 Å². The first kappa shape index (κ1) is 20.1. The zero-order valence-corrected chi connectivity index (χ0v) is 17.3. The van der Waals surface area contributed by atoms with E-state index in [2.05, 4.69) is 10.3 Å². The van der Waals surface area contributed by atoms with Crippen molar-refractivity contribution in [1.82, 2.24) is 19.8 Å². The van der Waals surface area contributed by atoms with Crippen molar-refractivity contribution in [2.75, 3.05) is 20.6 Å². The molecule has 0 saturated heterocycles. The molecule has 2 heterocycles.